The molecule has 0 unspecified atom stereocenters. The van der Waals surface area contributed by atoms with Crippen molar-refractivity contribution in [2.75, 3.05) is 6.54 Å². The highest BCUT2D eigenvalue weighted by atomic mass is 35.5. The Morgan fingerprint density at radius 2 is 1.83 bits per heavy atom. The standard InChI is InChI=1S/C18H20Cl2N2O2/c1-5-22(9-13-6-7-14(19)15(20)8-13)18(24)17-10(2)16(12(4)23)11(3)21-17/h6-8,21H,5,9H2,1-4H3. The molecule has 1 heterocycles. The summed E-state index contributed by atoms with van der Waals surface area (Å²) in [6, 6.07) is 5.32. The van der Waals surface area contributed by atoms with E-state index >= 15 is 0 Å². The van der Waals surface area contributed by atoms with Crippen molar-refractivity contribution in [3.63, 3.8) is 0 Å². The van der Waals surface area contributed by atoms with Crippen molar-refractivity contribution in [1.29, 1.82) is 0 Å². The second kappa shape index (κ2) is 7.41. The van der Waals surface area contributed by atoms with Crippen LogP contribution in [0.4, 0.5) is 0 Å². The van der Waals surface area contributed by atoms with E-state index in [9.17, 15) is 9.59 Å². The monoisotopic (exact) mass is 366 g/mol. The third-order valence-electron chi connectivity index (χ3n) is 4.03. The molecule has 2 aromatic rings. The first-order valence-corrected chi connectivity index (χ1v) is 8.45. The van der Waals surface area contributed by atoms with Crippen molar-refractivity contribution >= 4 is 34.9 Å². The number of benzene rings is 1. The molecule has 0 saturated heterocycles. The van der Waals surface area contributed by atoms with Gasteiger partial charge in [-0.05, 0) is 51.0 Å². The van der Waals surface area contributed by atoms with Gasteiger partial charge in [-0.3, -0.25) is 9.59 Å². The van der Waals surface area contributed by atoms with Gasteiger partial charge in [-0.1, -0.05) is 29.3 Å². The predicted molar refractivity (Wildman–Crippen MR) is 97.1 cm³/mol. The molecule has 0 fully saturated rings. The molecular weight excluding hydrogens is 347 g/mol. The van der Waals surface area contributed by atoms with Gasteiger partial charge in [0.15, 0.2) is 5.78 Å². The fraction of sp³-hybridized carbons (Fsp3) is 0.333. The Morgan fingerprint density at radius 1 is 1.17 bits per heavy atom. The number of ketones is 1. The number of rotatable bonds is 5. The summed E-state index contributed by atoms with van der Waals surface area (Å²) in [4.78, 5) is 29.4. The number of H-pyrrole nitrogens is 1. The Hall–Kier alpha value is -1.78. The van der Waals surface area contributed by atoms with E-state index in [1.54, 1.807) is 30.9 Å². The van der Waals surface area contributed by atoms with Crippen LogP contribution in [0.1, 0.15) is 51.5 Å². The lowest BCUT2D eigenvalue weighted by Gasteiger charge is -2.21. The van der Waals surface area contributed by atoms with E-state index in [2.05, 4.69) is 4.98 Å². The lowest BCUT2D eigenvalue weighted by Crippen LogP contribution is -2.31. The molecule has 0 atom stereocenters. The lowest BCUT2D eigenvalue weighted by molar-refractivity contribution is 0.0746. The molecule has 0 aliphatic carbocycles. The zero-order valence-electron chi connectivity index (χ0n) is 14.2. The molecule has 1 N–H and O–H groups in total. The summed E-state index contributed by atoms with van der Waals surface area (Å²) in [5.41, 5.74) is 3.35. The van der Waals surface area contributed by atoms with Crippen molar-refractivity contribution < 1.29 is 9.59 Å². The molecular formula is C18H20Cl2N2O2. The van der Waals surface area contributed by atoms with Crippen LogP contribution in [0, 0.1) is 13.8 Å². The van der Waals surface area contributed by atoms with Gasteiger partial charge in [0.1, 0.15) is 5.69 Å². The Kier molecular flexibility index (Phi) is 5.73. The van der Waals surface area contributed by atoms with Crippen molar-refractivity contribution in [3.8, 4) is 0 Å². The van der Waals surface area contributed by atoms with Gasteiger partial charge in [0.25, 0.3) is 5.91 Å². The van der Waals surface area contributed by atoms with Crippen LogP contribution < -0.4 is 0 Å². The number of aromatic amines is 1. The van der Waals surface area contributed by atoms with E-state index in [-0.39, 0.29) is 11.7 Å². The van der Waals surface area contributed by atoms with E-state index < -0.39 is 0 Å². The SMILES string of the molecule is CCN(Cc1ccc(Cl)c(Cl)c1)C(=O)c1[nH]c(C)c(C(C)=O)c1C. The number of Topliss-reactive ketones (excluding diaryl/α,β-unsaturated/α-hetero) is 1. The van der Waals surface area contributed by atoms with E-state index in [0.29, 0.717) is 45.6 Å². The van der Waals surface area contributed by atoms with Gasteiger partial charge in [0, 0.05) is 24.3 Å². The number of hydrogen-bond donors (Lipinski definition) is 1. The second-order valence-electron chi connectivity index (χ2n) is 5.75. The molecule has 0 aliphatic rings. The molecule has 0 saturated carbocycles. The van der Waals surface area contributed by atoms with E-state index in [1.807, 2.05) is 13.0 Å². The summed E-state index contributed by atoms with van der Waals surface area (Å²) in [5, 5.41) is 0.945. The van der Waals surface area contributed by atoms with Crippen LogP contribution in [0.15, 0.2) is 18.2 Å². The Morgan fingerprint density at radius 3 is 2.33 bits per heavy atom. The van der Waals surface area contributed by atoms with Crippen LogP contribution in [0.5, 0.6) is 0 Å². The number of aryl methyl sites for hydroxylation is 1. The first-order valence-electron chi connectivity index (χ1n) is 7.69. The Balaban J connectivity index is 2.30. The van der Waals surface area contributed by atoms with Crippen LogP contribution in [0.25, 0.3) is 0 Å². The second-order valence-corrected chi connectivity index (χ2v) is 6.56. The number of nitrogens with one attached hydrogen (secondary N) is 1. The molecule has 2 rings (SSSR count). The molecule has 6 heteroatoms. The number of carbonyl (C=O) groups excluding carboxylic acids is 2. The highest BCUT2D eigenvalue weighted by Crippen LogP contribution is 2.24. The molecule has 24 heavy (non-hydrogen) atoms. The summed E-state index contributed by atoms with van der Waals surface area (Å²) in [6.45, 7) is 7.96. The van der Waals surface area contributed by atoms with E-state index in [0.717, 1.165) is 5.56 Å². The maximum atomic E-state index is 12.9. The molecule has 1 aromatic heterocycles. The highest BCUT2D eigenvalue weighted by Gasteiger charge is 2.23. The number of amides is 1. The van der Waals surface area contributed by atoms with Crippen LogP contribution in [-0.2, 0) is 6.54 Å². The molecule has 1 amide bonds. The van der Waals surface area contributed by atoms with Crippen LogP contribution in [0.2, 0.25) is 10.0 Å². The fourth-order valence-electron chi connectivity index (χ4n) is 2.84. The van der Waals surface area contributed by atoms with Crippen LogP contribution in [-0.4, -0.2) is 28.1 Å². The zero-order chi connectivity index (χ0) is 18.0. The smallest absolute Gasteiger partial charge is 0.270 e. The molecule has 0 bridgehead atoms. The summed E-state index contributed by atoms with van der Waals surface area (Å²) in [7, 11) is 0. The van der Waals surface area contributed by atoms with Gasteiger partial charge in [0.05, 0.1) is 10.0 Å². The number of aromatic nitrogens is 1. The Labute approximate surface area is 151 Å². The Bertz CT molecular complexity index is 797. The third kappa shape index (κ3) is 3.65. The number of hydrogen-bond acceptors (Lipinski definition) is 2. The minimum Gasteiger partial charge on any atom is -0.354 e. The van der Waals surface area contributed by atoms with Gasteiger partial charge in [-0.15, -0.1) is 0 Å². The summed E-state index contributed by atoms with van der Waals surface area (Å²) < 4.78 is 0. The first kappa shape index (κ1) is 18.6. The molecule has 4 nitrogen and oxygen atoms in total. The van der Waals surface area contributed by atoms with Gasteiger partial charge in [-0.25, -0.2) is 0 Å². The van der Waals surface area contributed by atoms with Crippen molar-refractivity contribution in [1.82, 2.24) is 9.88 Å². The predicted octanol–water partition coefficient (Wildman–Crippen LogP) is 4.80. The quantitative estimate of drug-likeness (QED) is 0.772. The average Bonchev–Trinajstić information content (AvgIpc) is 2.82. The largest absolute Gasteiger partial charge is 0.354 e. The maximum Gasteiger partial charge on any atom is 0.270 e. The van der Waals surface area contributed by atoms with Crippen molar-refractivity contribution in [2.24, 2.45) is 0 Å². The van der Waals surface area contributed by atoms with E-state index in [4.69, 9.17) is 23.2 Å². The lowest BCUT2D eigenvalue weighted by atomic mass is 10.1. The molecule has 0 spiro atoms. The van der Waals surface area contributed by atoms with E-state index in [1.165, 1.54) is 6.92 Å². The number of carbonyl (C=O) groups is 2. The summed E-state index contributed by atoms with van der Waals surface area (Å²) >= 11 is 12.0. The minimum atomic E-state index is -0.142. The van der Waals surface area contributed by atoms with Crippen LogP contribution >= 0.6 is 23.2 Å². The first-order chi connectivity index (χ1) is 11.3. The topological polar surface area (TPSA) is 53.2 Å². The number of halogens is 2. The molecule has 1 aromatic carbocycles. The summed E-state index contributed by atoms with van der Waals surface area (Å²) in [6.07, 6.45) is 0. The molecule has 0 radical (unpaired) electrons. The van der Waals surface area contributed by atoms with Gasteiger partial charge < -0.3 is 9.88 Å². The van der Waals surface area contributed by atoms with Crippen LogP contribution in [0.3, 0.4) is 0 Å². The summed E-state index contributed by atoms with van der Waals surface area (Å²) in [5.74, 6) is -0.190. The normalized spacial score (nSPS) is 10.8. The zero-order valence-corrected chi connectivity index (χ0v) is 15.7. The highest BCUT2D eigenvalue weighted by molar-refractivity contribution is 6.42. The van der Waals surface area contributed by atoms with Crippen molar-refractivity contribution in [3.05, 3.63) is 56.3 Å². The van der Waals surface area contributed by atoms with Gasteiger partial charge in [0.2, 0.25) is 0 Å². The van der Waals surface area contributed by atoms with Gasteiger partial charge >= 0.3 is 0 Å². The average molecular weight is 367 g/mol. The maximum absolute atomic E-state index is 12.9. The van der Waals surface area contributed by atoms with Crippen molar-refractivity contribution in [2.45, 2.75) is 34.2 Å². The molecule has 0 aliphatic heterocycles. The molecule has 128 valence electrons. The third-order valence-corrected chi connectivity index (χ3v) is 4.77. The fourth-order valence-corrected chi connectivity index (χ4v) is 3.16. The van der Waals surface area contributed by atoms with Gasteiger partial charge in [-0.2, -0.15) is 0 Å². The number of nitrogens with zero attached hydrogens (tertiary/aromatic N) is 1. The minimum absolute atomic E-state index is 0.0483.